The van der Waals surface area contributed by atoms with Crippen molar-refractivity contribution in [3.8, 4) is 11.5 Å². The Bertz CT molecular complexity index is 770. The standard InChI is InChI=1S/C7H4Cl2O3.C7H5ClO3.2Li/c8-3-1-4(7(11)12)6(10)5(9)2-3;8-4-1-2-6(9)5(3-4)7(10)11;;/h1-2,10H,(H,11,12);1-3,9H,(H,10,11);;/q;;2*+1/p-2. The molecule has 0 atom stereocenters. The van der Waals surface area contributed by atoms with E-state index in [4.69, 9.17) is 45.0 Å². The van der Waals surface area contributed by atoms with E-state index in [-0.39, 0.29) is 64.1 Å². The molecule has 2 N–H and O–H groups in total. The van der Waals surface area contributed by atoms with Gasteiger partial charge in [-0.2, -0.15) is 0 Å². The maximum Gasteiger partial charge on any atom is 1.00 e. The monoisotopic (exact) mass is 390 g/mol. The number of hydrogen-bond donors (Lipinski definition) is 2. The average molecular weight is 391 g/mol. The predicted molar refractivity (Wildman–Crippen MR) is 79.9 cm³/mol. The molecule has 6 nitrogen and oxygen atoms in total. The largest absolute Gasteiger partial charge is 1.00 e. The number of aromatic hydroxyl groups is 2. The van der Waals surface area contributed by atoms with Gasteiger partial charge in [-0.3, -0.25) is 0 Å². The van der Waals surface area contributed by atoms with Crippen LogP contribution in [-0.4, -0.2) is 22.2 Å². The first-order valence-electron chi connectivity index (χ1n) is 5.72. The van der Waals surface area contributed by atoms with Crippen LogP contribution in [0.2, 0.25) is 15.1 Å². The molecule has 25 heavy (non-hydrogen) atoms. The predicted octanol–water partition coefficient (Wildman–Crippen LogP) is -4.52. The van der Waals surface area contributed by atoms with Gasteiger partial charge in [0.2, 0.25) is 0 Å². The summed E-state index contributed by atoms with van der Waals surface area (Å²) >= 11 is 16.4. The molecule has 0 heterocycles. The molecule has 122 valence electrons. The van der Waals surface area contributed by atoms with Crippen LogP contribution in [0, 0.1) is 0 Å². The van der Waals surface area contributed by atoms with E-state index in [0.29, 0.717) is 0 Å². The minimum Gasteiger partial charge on any atom is -0.545 e. The summed E-state index contributed by atoms with van der Waals surface area (Å²) in [5.74, 6) is -3.82. The first-order chi connectivity index (χ1) is 10.6. The molecular formula is C14H7Cl3Li2O6. The van der Waals surface area contributed by atoms with Gasteiger partial charge in [0.1, 0.15) is 11.5 Å². The molecule has 0 aliphatic rings. The third kappa shape index (κ3) is 7.86. The van der Waals surface area contributed by atoms with E-state index in [1.807, 2.05) is 0 Å². The molecule has 11 heteroatoms. The topological polar surface area (TPSA) is 121 Å². The van der Waals surface area contributed by atoms with E-state index in [1.54, 1.807) is 0 Å². The van der Waals surface area contributed by atoms with Crippen molar-refractivity contribution >= 4 is 46.7 Å². The van der Waals surface area contributed by atoms with E-state index in [9.17, 15) is 19.8 Å². The zero-order chi connectivity index (χ0) is 17.7. The summed E-state index contributed by atoms with van der Waals surface area (Å²) in [6, 6.07) is 6.03. The van der Waals surface area contributed by atoms with Crippen LogP contribution in [0.15, 0.2) is 30.3 Å². The molecule has 0 amide bonds. The Morgan fingerprint density at radius 3 is 1.72 bits per heavy atom. The number of hydrogen-bond acceptors (Lipinski definition) is 6. The molecule has 0 bridgehead atoms. The molecule has 0 saturated heterocycles. The number of halogens is 3. The Morgan fingerprint density at radius 1 is 0.800 bits per heavy atom. The van der Waals surface area contributed by atoms with Crippen molar-refractivity contribution in [3.63, 3.8) is 0 Å². The summed E-state index contributed by atoms with van der Waals surface area (Å²) < 4.78 is 0. The molecule has 0 unspecified atom stereocenters. The number of aromatic carboxylic acids is 2. The van der Waals surface area contributed by atoms with Gasteiger partial charge in [0, 0.05) is 21.2 Å². The van der Waals surface area contributed by atoms with Crippen molar-refractivity contribution in [2.75, 3.05) is 0 Å². The van der Waals surface area contributed by atoms with Crippen molar-refractivity contribution in [2.45, 2.75) is 0 Å². The maximum atomic E-state index is 10.3. The van der Waals surface area contributed by atoms with Crippen LogP contribution in [0.3, 0.4) is 0 Å². The van der Waals surface area contributed by atoms with Crippen molar-refractivity contribution in [1.29, 1.82) is 0 Å². The van der Waals surface area contributed by atoms with Gasteiger partial charge >= 0.3 is 37.7 Å². The second kappa shape index (κ2) is 11.6. The van der Waals surface area contributed by atoms with Crippen LogP contribution in [0.5, 0.6) is 11.5 Å². The van der Waals surface area contributed by atoms with Gasteiger partial charge in [-0.05, 0) is 30.3 Å². The van der Waals surface area contributed by atoms with E-state index in [1.165, 1.54) is 18.2 Å². The van der Waals surface area contributed by atoms with Gasteiger partial charge in [0.05, 0.1) is 17.0 Å². The molecule has 2 aromatic rings. The number of rotatable bonds is 2. The fourth-order valence-corrected chi connectivity index (χ4v) is 2.06. The fourth-order valence-electron chi connectivity index (χ4n) is 1.39. The number of phenols is 2. The normalized spacial score (nSPS) is 8.92. The Labute approximate surface area is 181 Å². The van der Waals surface area contributed by atoms with Crippen LogP contribution in [-0.2, 0) is 0 Å². The quantitative estimate of drug-likeness (QED) is 0.498. The van der Waals surface area contributed by atoms with Crippen molar-refractivity contribution in [2.24, 2.45) is 0 Å². The van der Waals surface area contributed by atoms with Gasteiger partial charge in [-0.25, -0.2) is 0 Å². The third-order valence-corrected chi connectivity index (χ3v) is 3.17. The number of carbonyl (C=O) groups excluding carboxylic acids is 2. The van der Waals surface area contributed by atoms with E-state index >= 15 is 0 Å². The zero-order valence-electron chi connectivity index (χ0n) is 13.0. The summed E-state index contributed by atoms with van der Waals surface area (Å²) in [7, 11) is 0. The fraction of sp³-hybridized carbons (Fsp3) is 0. The summed E-state index contributed by atoms with van der Waals surface area (Å²) in [5.41, 5.74) is -0.704. The Morgan fingerprint density at radius 2 is 1.28 bits per heavy atom. The minimum absolute atomic E-state index is 0. The molecule has 0 aliphatic heterocycles. The smallest absolute Gasteiger partial charge is 0.545 e. The summed E-state index contributed by atoms with van der Waals surface area (Å²) in [5, 5.41) is 38.9. The van der Waals surface area contributed by atoms with Crippen LogP contribution in [0.4, 0.5) is 0 Å². The number of carboxylic acids is 2. The average Bonchev–Trinajstić information content (AvgIpc) is 2.45. The molecule has 2 rings (SSSR count). The van der Waals surface area contributed by atoms with Crippen LogP contribution in [0.25, 0.3) is 0 Å². The van der Waals surface area contributed by atoms with Crippen molar-refractivity contribution in [3.05, 3.63) is 56.5 Å². The molecule has 0 radical (unpaired) electrons. The van der Waals surface area contributed by atoms with Gasteiger partial charge in [0.15, 0.2) is 0 Å². The van der Waals surface area contributed by atoms with Gasteiger partial charge in [-0.1, -0.05) is 34.8 Å². The number of carbonyl (C=O) groups is 2. The SMILES string of the molecule is O=C([O-])c1cc(Cl)cc(Cl)c1O.O=C([O-])c1cc(Cl)ccc1O.[Li+].[Li+]. The zero-order valence-corrected chi connectivity index (χ0v) is 15.3. The minimum atomic E-state index is -1.52. The van der Waals surface area contributed by atoms with E-state index in [0.717, 1.165) is 12.1 Å². The maximum absolute atomic E-state index is 10.3. The first-order valence-corrected chi connectivity index (χ1v) is 6.86. The number of benzene rings is 2. The second-order valence-electron chi connectivity index (χ2n) is 4.02. The van der Waals surface area contributed by atoms with E-state index in [2.05, 4.69) is 0 Å². The van der Waals surface area contributed by atoms with Crippen LogP contribution < -0.4 is 47.9 Å². The van der Waals surface area contributed by atoms with Gasteiger partial charge < -0.3 is 30.0 Å². The molecular weight excluding hydrogens is 384 g/mol. The number of carboxylic acid groups (broad SMARTS) is 2. The van der Waals surface area contributed by atoms with E-state index < -0.39 is 23.3 Å². The van der Waals surface area contributed by atoms with Gasteiger partial charge in [-0.15, -0.1) is 0 Å². The van der Waals surface area contributed by atoms with Crippen molar-refractivity contribution < 1.29 is 67.7 Å². The Hall–Kier alpha value is -0.955. The first kappa shape index (κ1) is 26.3. The molecule has 2 aromatic carbocycles. The summed E-state index contributed by atoms with van der Waals surface area (Å²) in [6.07, 6.45) is 0. The van der Waals surface area contributed by atoms with Gasteiger partial charge in [0.25, 0.3) is 0 Å². The van der Waals surface area contributed by atoms with Crippen molar-refractivity contribution in [1.82, 2.24) is 0 Å². The molecule has 0 spiro atoms. The second-order valence-corrected chi connectivity index (χ2v) is 5.30. The summed E-state index contributed by atoms with van der Waals surface area (Å²) in [6.45, 7) is 0. The molecule has 0 fully saturated rings. The van der Waals surface area contributed by atoms with Crippen LogP contribution in [0.1, 0.15) is 20.7 Å². The Kier molecular flexibility index (Phi) is 12.2. The molecule has 0 saturated carbocycles. The molecule has 0 aliphatic carbocycles. The van der Waals surface area contributed by atoms with Crippen LogP contribution >= 0.6 is 34.8 Å². The summed E-state index contributed by atoms with van der Waals surface area (Å²) in [4.78, 5) is 20.6. The third-order valence-electron chi connectivity index (χ3n) is 2.43. The molecule has 0 aromatic heterocycles. The Balaban J connectivity index is 0.